The first-order valence-corrected chi connectivity index (χ1v) is 4.21. The number of aromatic nitrogens is 2. The Morgan fingerprint density at radius 3 is 2.93 bits per heavy atom. The van der Waals surface area contributed by atoms with Crippen molar-refractivity contribution in [3.63, 3.8) is 0 Å². The molecule has 6 nitrogen and oxygen atoms in total. The van der Waals surface area contributed by atoms with Crippen LogP contribution in [-0.2, 0) is 13.1 Å². The van der Waals surface area contributed by atoms with E-state index in [4.69, 9.17) is 5.26 Å². The van der Waals surface area contributed by atoms with Gasteiger partial charge in [0.2, 0.25) is 0 Å². The quantitative estimate of drug-likeness (QED) is 0.524. The van der Waals surface area contributed by atoms with Crippen molar-refractivity contribution in [1.29, 1.82) is 5.26 Å². The summed E-state index contributed by atoms with van der Waals surface area (Å²) >= 11 is 0. The summed E-state index contributed by atoms with van der Waals surface area (Å²) in [5.74, 6) is 0. The van der Waals surface area contributed by atoms with E-state index in [0.717, 1.165) is 0 Å². The van der Waals surface area contributed by atoms with Crippen LogP contribution in [0, 0.1) is 11.3 Å². The number of hydrogen-bond donors (Lipinski definition) is 2. The summed E-state index contributed by atoms with van der Waals surface area (Å²) in [6, 6.07) is 1.81. The number of H-pyrrole nitrogens is 1. The number of nitriles is 1. The molecule has 6 heteroatoms. The van der Waals surface area contributed by atoms with E-state index in [9.17, 15) is 9.59 Å². The maximum absolute atomic E-state index is 11.3. The molecule has 14 heavy (non-hydrogen) atoms. The van der Waals surface area contributed by atoms with Gasteiger partial charge in [-0.3, -0.25) is 14.3 Å². The minimum atomic E-state index is -0.604. The van der Waals surface area contributed by atoms with E-state index in [1.807, 2.05) is 6.07 Å². The van der Waals surface area contributed by atoms with Gasteiger partial charge in [0.1, 0.15) is 11.6 Å². The van der Waals surface area contributed by atoms with Gasteiger partial charge < -0.3 is 5.32 Å². The molecule has 0 spiro atoms. The lowest BCUT2D eigenvalue weighted by Gasteiger charge is -2.18. The third-order valence-corrected chi connectivity index (χ3v) is 2.22. The van der Waals surface area contributed by atoms with Gasteiger partial charge in [0.15, 0.2) is 0 Å². The zero-order valence-corrected chi connectivity index (χ0v) is 7.33. The van der Waals surface area contributed by atoms with Crippen LogP contribution in [0.3, 0.4) is 0 Å². The second-order valence-electron chi connectivity index (χ2n) is 3.02. The largest absolute Gasteiger partial charge is 0.328 e. The molecule has 2 N–H and O–H groups in total. The molecule has 0 unspecified atom stereocenters. The first-order chi connectivity index (χ1) is 6.74. The Bertz CT molecular complexity index is 520. The van der Waals surface area contributed by atoms with E-state index in [1.54, 1.807) is 0 Å². The van der Waals surface area contributed by atoms with E-state index in [1.165, 1.54) is 4.57 Å². The zero-order chi connectivity index (χ0) is 10.1. The lowest BCUT2D eigenvalue weighted by atomic mass is 10.2. The van der Waals surface area contributed by atoms with E-state index < -0.39 is 11.2 Å². The molecule has 72 valence electrons. The molecule has 0 amide bonds. The molecule has 1 aliphatic heterocycles. The molecule has 2 heterocycles. The highest BCUT2D eigenvalue weighted by Gasteiger charge is 2.16. The molecule has 0 saturated carbocycles. The van der Waals surface area contributed by atoms with Crippen LogP contribution in [0.25, 0.3) is 0 Å². The smallest absolute Gasteiger partial charge is 0.309 e. The minimum Gasteiger partial charge on any atom is -0.309 e. The van der Waals surface area contributed by atoms with E-state index in [2.05, 4.69) is 10.3 Å². The van der Waals surface area contributed by atoms with Crippen LogP contribution in [0.1, 0.15) is 11.3 Å². The monoisotopic (exact) mass is 192 g/mol. The van der Waals surface area contributed by atoms with Crippen LogP contribution in [0.4, 0.5) is 0 Å². The molecule has 0 aromatic carbocycles. The predicted octanol–water partition coefficient (Wildman–Crippen LogP) is -1.49. The summed E-state index contributed by atoms with van der Waals surface area (Å²) in [7, 11) is 0. The Labute approximate surface area is 78.8 Å². The number of fused-ring (bicyclic) bond motifs is 1. The summed E-state index contributed by atoms with van der Waals surface area (Å²) in [5, 5.41) is 11.8. The van der Waals surface area contributed by atoms with Crippen molar-refractivity contribution in [2.45, 2.75) is 13.1 Å². The lowest BCUT2D eigenvalue weighted by Crippen LogP contribution is -2.42. The predicted molar refractivity (Wildman–Crippen MR) is 47.7 cm³/mol. The van der Waals surface area contributed by atoms with Gasteiger partial charge >= 0.3 is 5.69 Å². The van der Waals surface area contributed by atoms with Crippen LogP contribution in [0.2, 0.25) is 0 Å². The fourth-order valence-electron chi connectivity index (χ4n) is 1.55. The highest BCUT2D eigenvalue weighted by molar-refractivity contribution is 5.31. The van der Waals surface area contributed by atoms with Crippen LogP contribution in [0.5, 0.6) is 0 Å². The van der Waals surface area contributed by atoms with Crippen molar-refractivity contribution in [2.24, 2.45) is 0 Å². The maximum atomic E-state index is 11.3. The van der Waals surface area contributed by atoms with Gasteiger partial charge in [-0.05, 0) is 0 Å². The first-order valence-electron chi connectivity index (χ1n) is 4.21. The molecule has 0 bridgehead atoms. The van der Waals surface area contributed by atoms with Crippen molar-refractivity contribution < 1.29 is 0 Å². The van der Waals surface area contributed by atoms with Crippen molar-refractivity contribution in [2.75, 3.05) is 6.54 Å². The highest BCUT2D eigenvalue weighted by Crippen LogP contribution is 2.03. The summed E-state index contributed by atoms with van der Waals surface area (Å²) in [4.78, 5) is 24.7. The Kier molecular flexibility index (Phi) is 1.94. The third kappa shape index (κ3) is 1.15. The minimum absolute atomic E-state index is 0.0248. The van der Waals surface area contributed by atoms with Crippen molar-refractivity contribution in [3.05, 3.63) is 32.1 Å². The Morgan fingerprint density at radius 1 is 1.43 bits per heavy atom. The van der Waals surface area contributed by atoms with Gasteiger partial charge in [-0.1, -0.05) is 0 Å². The molecule has 1 aromatic rings. The van der Waals surface area contributed by atoms with Gasteiger partial charge in [-0.25, -0.2) is 4.79 Å². The SMILES string of the molecule is N#Cc1c2n(c(=O)[nH]c1=O)CCNC2. The number of aromatic amines is 1. The summed E-state index contributed by atoms with van der Waals surface area (Å²) in [6.45, 7) is 1.55. The second-order valence-corrected chi connectivity index (χ2v) is 3.02. The number of hydrogen-bond acceptors (Lipinski definition) is 4. The van der Waals surface area contributed by atoms with Gasteiger partial charge in [0, 0.05) is 19.6 Å². The first kappa shape index (κ1) is 8.72. The molecule has 0 saturated heterocycles. The molecular weight excluding hydrogens is 184 g/mol. The Morgan fingerprint density at radius 2 is 2.21 bits per heavy atom. The molecule has 0 radical (unpaired) electrons. The summed E-state index contributed by atoms with van der Waals surface area (Å²) in [6.07, 6.45) is 0. The van der Waals surface area contributed by atoms with Crippen molar-refractivity contribution in [1.82, 2.24) is 14.9 Å². The normalized spacial score (nSPS) is 14.5. The van der Waals surface area contributed by atoms with Crippen molar-refractivity contribution in [3.8, 4) is 6.07 Å². The number of rotatable bonds is 0. The average molecular weight is 192 g/mol. The molecule has 0 atom stereocenters. The zero-order valence-electron chi connectivity index (χ0n) is 7.33. The maximum Gasteiger partial charge on any atom is 0.328 e. The van der Waals surface area contributed by atoms with Gasteiger partial charge in [-0.15, -0.1) is 0 Å². The molecule has 0 fully saturated rings. The van der Waals surface area contributed by atoms with Crippen molar-refractivity contribution >= 4 is 0 Å². The number of nitrogens with one attached hydrogen (secondary N) is 2. The van der Waals surface area contributed by atoms with Gasteiger partial charge in [0.25, 0.3) is 5.56 Å². The van der Waals surface area contributed by atoms with Crippen LogP contribution >= 0.6 is 0 Å². The van der Waals surface area contributed by atoms with E-state index in [-0.39, 0.29) is 5.56 Å². The fourth-order valence-corrected chi connectivity index (χ4v) is 1.55. The Hall–Kier alpha value is -1.87. The van der Waals surface area contributed by atoms with Gasteiger partial charge in [-0.2, -0.15) is 5.26 Å². The second kappa shape index (κ2) is 3.12. The Balaban J connectivity index is 2.82. The van der Waals surface area contributed by atoms with Crippen LogP contribution < -0.4 is 16.6 Å². The molecular formula is C8H8N4O2. The average Bonchev–Trinajstić information content (AvgIpc) is 2.18. The summed E-state index contributed by atoms with van der Waals surface area (Å²) in [5.41, 5.74) is -0.540. The van der Waals surface area contributed by atoms with Crippen LogP contribution in [0.15, 0.2) is 9.59 Å². The van der Waals surface area contributed by atoms with Gasteiger partial charge in [0.05, 0.1) is 5.69 Å². The fraction of sp³-hybridized carbons (Fsp3) is 0.375. The third-order valence-electron chi connectivity index (χ3n) is 2.22. The highest BCUT2D eigenvalue weighted by atomic mass is 16.2. The number of nitrogens with zero attached hydrogens (tertiary/aromatic N) is 2. The van der Waals surface area contributed by atoms with Crippen LogP contribution in [-0.4, -0.2) is 16.1 Å². The molecule has 1 aliphatic rings. The molecule has 0 aliphatic carbocycles. The van der Waals surface area contributed by atoms with E-state index in [0.29, 0.717) is 25.3 Å². The standard InChI is InChI=1S/C8H8N4O2/c9-3-5-6-4-10-1-2-12(6)8(14)11-7(5)13/h10H,1-2,4H2,(H,11,13,14). The molecule has 2 rings (SSSR count). The topological polar surface area (TPSA) is 90.7 Å². The van der Waals surface area contributed by atoms with E-state index >= 15 is 0 Å². The molecule has 1 aromatic heterocycles. The lowest BCUT2D eigenvalue weighted by molar-refractivity contribution is 0.486. The summed E-state index contributed by atoms with van der Waals surface area (Å²) < 4.78 is 1.43.